The maximum atomic E-state index is 11.3. The van der Waals surface area contributed by atoms with Crippen LogP contribution < -0.4 is 9.47 Å². The van der Waals surface area contributed by atoms with Gasteiger partial charge in [-0.3, -0.25) is 0 Å². The Morgan fingerprint density at radius 2 is 2.08 bits per heavy atom. The topological polar surface area (TPSA) is 39.4 Å². The van der Waals surface area contributed by atoms with Crippen LogP contribution in [-0.2, 0) is 12.8 Å². The zero-order chi connectivity index (χ0) is 17.6. The van der Waals surface area contributed by atoms with E-state index in [4.69, 9.17) is 4.74 Å². The molecule has 0 atom stereocenters. The maximum absolute atomic E-state index is 11.3. The fraction of sp³-hybridized carbons (Fsp3) is 0.450. The number of aromatic nitrogens is 1. The van der Waals surface area contributed by atoms with Crippen LogP contribution in [0.15, 0.2) is 47.2 Å². The van der Waals surface area contributed by atoms with Gasteiger partial charge in [-0.15, -0.1) is 0 Å². The number of piperidine rings is 1. The Morgan fingerprint density at radius 3 is 2.80 bits per heavy atom. The summed E-state index contributed by atoms with van der Waals surface area (Å²) >= 11 is 3.66. The van der Waals surface area contributed by atoms with Crippen molar-refractivity contribution in [3.8, 4) is 5.75 Å². The van der Waals surface area contributed by atoms with E-state index in [1.165, 1.54) is 29.1 Å². The fourth-order valence-corrected chi connectivity index (χ4v) is 3.90. The molecule has 1 aliphatic heterocycles. The molecule has 0 bridgehead atoms. The Labute approximate surface area is 158 Å². The number of halogens is 1. The van der Waals surface area contributed by atoms with Crippen LogP contribution in [0.2, 0.25) is 0 Å². The first-order valence-electron chi connectivity index (χ1n) is 8.86. The van der Waals surface area contributed by atoms with Crippen molar-refractivity contribution in [2.24, 2.45) is 5.92 Å². The predicted molar refractivity (Wildman–Crippen MR) is 103 cm³/mol. The molecule has 1 aromatic heterocycles. The Morgan fingerprint density at radius 1 is 1.28 bits per heavy atom. The number of hydrogen-bond acceptors (Lipinski definition) is 3. The van der Waals surface area contributed by atoms with Crippen molar-refractivity contribution in [1.29, 1.82) is 0 Å². The third-order valence-electron chi connectivity index (χ3n) is 5.02. The molecule has 1 aromatic carbocycles. The van der Waals surface area contributed by atoms with Crippen molar-refractivity contribution in [3.05, 3.63) is 63.5 Å². The smallest absolute Gasteiger partial charge is 0.183 e. The van der Waals surface area contributed by atoms with E-state index in [0.717, 1.165) is 54.4 Å². The summed E-state index contributed by atoms with van der Waals surface area (Å²) in [5, 5.41) is 11.3. The van der Waals surface area contributed by atoms with Crippen molar-refractivity contribution >= 4 is 15.9 Å². The standard InChI is InChI=1S/C20H25BrN2O2/c1-25-19-4-5-20(21)18(14-19)13-16-6-10-22(11-7-16)12-8-17-3-2-9-23(24)15-17/h2-5,9,14-16H,6-8,10-13H2,1H3. The molecule has 134 valence electrons. The van der Waals surface area contributed by atoms with Gasteiger partial charge in [0, 0.05) is 22.6 Å². The lowest BCUT2D eigenvalue weighted by Gasteiger charge is -2.32. The van der Waals surface area contributed by atoms with E-state index in [2.05, 4.69) is 33.0 Å². The average Bonchev–Trinajstić information content (AvgIpc) is 2.63. The normalized spacial score (nSPS) is 16.1. The third kappa shape index (κ3) is 5.19. The highest BCUT2D eigenvalue weighted by Crippen LogP contribution is 2.28. The molecule has 0 aliphatic carbocycles. The number of hydrogen-bond donors (Lipinski definition) is 0. The number of pyridine rings is 1. The molecular formula is C20H25BrN2O2. The van der Waals surface area contributed by atoms with E-state index < -0.39 is 0 Å². The second-order valence-electron chi connectivity index (χ2n) is 6.77. The molecule has 2 aromatic rings. The van der Waals surface area contributed by atoms with Crippen LogP contribution in [0.3, 0.4) is 0 Å². The molecule has 0 saturated carbocycles. The SMILES string of the molecule is COc1ccc(Br)c(CC2CCN(CCc3ccc[n+]([O-])c3)CC2)c1. The quantitative estimate of drug-likeness (QED) is 0.545. The van der Waals surface area contributed by atoms with E-state index >= 15 is 0 Å². The Kier molecular flexibility index (Phi) is 6.32. The first kappa shape index (κ1) is 18.2. The van der Waals surface area contributed by atoms with E-state index in [-0.39, 0.29) is 0 Å². The number of ether oxygens (including phenoxy) is 1. The van der Waals surface area contributed by atoms with Gasteiger partial charge in [0.1, 0.15) is 5.75 Å². The molecular weight excluding hydrogens is 380 g/mol. The van der Waals surface area contributed by atoms with E-state index in [0.29, 0.717) is 0 Å². The van der Waals surface area contributed by atoms with Crippen LogP contribution in [0.25, 0.3) is 0 Å². The molecule has 0 unspecified atom stereocenters. The summed E-state index contributed by atoms with van der Waals surface area (Å²) in [4.78, 5) is 2.51. The molecule has 1 saturated heterocycles. The molecule has 2 heterocycles. The Bertz CT molecular complexity index is 700. The lowest BCUT2D eigenvalue weighted by molar-refractivity contribution is -0.605. The van der Waals surface area contributed by atoms with Gasteiger partial charge in [-0.05, 0) is 74.5 Å². The summed E-state index contributed by atoms with van der Waals surface area (Å²) in [5.41, 5.74) is 2.45. The van der Waals surface area contributed by atoms with Crippen molar-refractivity contribution < 1.29 is 9.47 Å². The number of rotatable bonds is 6. The van der Waals surface area contributed by atoms with Gasteiger partial charge in [-0.1, -0.05) is 15.9 Å². The number of likely N-dealkylation sites (tertiary alicyclic amines) is 1. The highest BCUT2D eigenvalue weighted by Gasteiger charge is 2.20. The van der Waals surface area contributed by atoms with Gasteiger partial charge in [-0.25, -0.2) is 0 Å². The van der Waals surface area contributed by atoms with Crippen molar-refractivity contribution in [1.82, 2.24) is 4.90 Å². The van der Waals surface area contributed by atoms with Crippen molar-refractivity contribution in [3.63, 3.8) is 0 Å². The Balaban J connectivity index is 1.47. The fourth-order valence-electron chi connectivity index (χ4n) is 3.50. The van der Waals surface area contributed by atoms with Gasteiger partial charge in [0.25, 0.3) is 0 Å². The minimum absolute atomic E-state index is 0.722. The van der Waals surface area contributed by atoms with Gasteiger partial charge < -0.3 is 14.8 Å². The Hall–Kier alpha value is -1.59. The number of methoxy groups -OCH3 is 1. The third-order valence-corrected chi connectivity index (χ3v) is 5.80. The maximum Gasteiger partial charge on any atom is 0.183 e. The molecule has 0 N–H and O–H groups in total. The van der Waals surface area contributed by atoms with Crippen LogP contribution in [0, 0.1) is 11.1 Å². The number of benzene rings is 1. The molecule has 1 fully saturated rings. The minimum Gasteiger partial charge on any atom is -0.619 e. The molecule has 5 heteroatoms. The van der Waals surface area contributed by atoms with Crippen molar-refractivity contribution in [2.45, 2.75) is 25.7 Å². The monoisotopic (exact) mass is 404 g/mol. The second kappa shape index (κ2) is 8.68. The number of nitrogens with zero attached hydrogens (tertiary/aromatic N) is 2. The highest BCUT2D eigenvalue weighted by atomic mass is 79.9. The van der Waals surface area contributed by atoms with Crippen LogP contribution in [0.5, 0.6) is 5.75 Å². The van der Waals surface area contributed by atoms with Gasteiger partial charge >= 0.3 is 0 Å². The summed E-state index contributed by atoms with van der Waals surface area (Å²) in [7, 11) is 1.71. The summed E-state index contributed by atoms with van der Waals surface area (Å²) in [6, 6.07) is 10.1. The van der Waals surface area contributed by atoms with E-state index in [1.807, 2.05) is 18.2 Å². The van der Waals surface area contributed by atoms with Crippen LogP contribution in [-0.4, -0.2) is 31.6 Å². The van der Waals surface area contributed by atoms with Crippen LogP contribution >= 0.6 is 15.9 Å². The molecule has 4 nitrogen and oxygen atoms in total. The zero-order valence-electron chi connectivity index (χ0n) is 14.7. The molecule has 0 radical (unpaired) electrons. The first-order valence-corrected chi connectivity index (χ1v) is 9.66. The minimum atomic E-state index is 0.722. The van der Waals surface area contributed by atoms with Gasteiger partial charge in [0.05, 0.1) is 7.11 Å². The van der Waals surface area contributed by atoms with E-state index in [1.54, 1.807) is 13.3 Å². The summed E-state index contributed by atoms with van der Waals surface area (Å²) in [5.74, 6) is 1.65. The average molecular weight is 405 g/mol. The van der Waals surface area contributed by atoms with Crippen LogP contribution in [0.4, 0.5) is 0 Å². The molecule has 0 spiro atoms. The first-order chi connectivity index (χ1) is 12.1. The van der Waals surface area contributed by atoms with E-state index in [9.17, 15) is 5.21 Å². The summed E-state index contributed by atoms with van der Waals surface area (Å²) in [6.07, 6.45) is 7.69. The highest BCUT2D eigenvalue weighted by molar-refractivity contribution is 9.10. The molecule has 25 heavy (non-hydrogen) atoms. The van der Waals surface area contributed by atoms with Crippen LogP contribution in [0.1, 0.15) is 24.0 Å². The van der Waals surface area contributed by atoms with Gasteiger partial charge in [0.2, 0.25) is 0 Å². The molecule has 1 aliphatic rings. The lowest BCUT2D eigenvalue weighted by atomic mass is 9.90. The van der Waals surface area contributed by atoms with Crippen molar-refractivity contribution in [2.75, 3.05) is 26.7 Å². The summed E-state index contributed by atoms with van der Waals surface area (Å²) < 4.78 is 7.40. The molecule has 0 amide bonds. The second-order valence-corrected chi connectivity index (χ2v) is 7.62. The molecule has 3 rings (SSSR count). The van der Waals surface area contributed by atoms with Gasteiger partial charge in [-0.2, -0.15) is 4.73 Å². The van der Waals surface area contributed by atoms with Gasteiger partial charge in [0.15, 0.2) is 12.4 Å². The zero-order valence-corrected chi connectivity index (χ0v) is 16.2. The predicted octanol–water partition coefficient (Wildman–Crippen LogP) is 3.59. The largest absolute Gasteiger partial charge is 0.619 e. The lowest BCUT2D eigenvalue weighted by Crippen LogP contribution is -2.36. The summed E-state index contributed by atoms with van der Waals surface area (Å²) in [6.45, 7) is 3.30.